The number of nitrogens with zero attached hydrogens (tertiary/aromatic N) is 3. The lowest BCUT2D eigenvalue weighted by Gasteiger charge is -2.33. The van der Waals surface area contributed by atoms with Crippen molar-refractivity contribution >= 4 is 47.0 Å². The van der Waals surface area contributed by atoms with Gasteiger partial charge >= 0.3 is 0 Å². The normalized spacial score (nSPS) is 17.8. The van der Waals surface area contributed by atoms with E-state index in [1.54, 1.807) is 11.3 Å². The lowest BCUT2D eigenvalue weighted by molar-refractivity contribution is 0.198. The van der Waals surface area contributed by atoms with Gasteiger partial charge in [-0.1, -0.05) is 24.3 Å². The van der Waals surface area contributed by atoms with Crippen molar-refractivity contribution in [3.05, 3.63) is 64.4 Å². The van der Waals surface area contributed by atoms with Crippen molar-refractivity contribution in [2.75, 3.05) is 38.1 Å². The molecule has 0 amide bonds. The largest absolute Gasteiger partial charge is 0.364 e. The van der Waals surface area contributed by atoms with E-state index in [0.29, 0.717) is 6.04 Å². The zero-order valence-corrected chi connectivity index (χ0v) is 20.7. The van der Waals surface area contributed by atoms with Crippen LogP contribution in [-0.2, 0) is 13.1 Å². The molecule has 4 rings (SSSR count). The summed E-state index contributed by atoms with van der Waals surface area (Å²) in [7, 11) is 1.85. The maximum absolute atomic E-state index is 4.42. The van der Waals surface area contributed by atoms with Gasteiger partial charge in [0.05, 0.1) is 0 Å². The third kappa shape index (κ3) is 6.46. The van der Waals surface area contributed by atoms with Crippen LogP contribution in [0, 0.1) is 0 Å². The molecule has 5 nitrogen and oxygen atoms in total. The van der Waals surface area contributed by atoms with Gasteiger partial charge in [0.15, 0.2) is 5.96 Å². The monoisotopic (exact) mass is 537 g/mol. The van der Waals surface area contributed by atoms with E-state index in [1.807, 2.05) is 7.05 Å². The number of guanidine groups is 1. The number of benzene rings is 1. The van der Waals surface area contributed by atoms with Gasteiger partial charge in [0.2, 0.25) is 0 Å². The average Bonchev–Trinajstić information content (AvgIpc) is 3.47. The lowest BCUT2D eigenvalue weighted by Crippen LogP contribution is -2.48. The van der Waals surface area contributed by atoms with Gasteiger partial charge in [-0.2, -0.15) is 11.3 Å². The number of hydrogen-bond donors (Lipinski definition) is 2. The molecular weight excluding hydrogens is 505 g/mol. The first-order valence-electron chi connectivity index (χ1n) is 10.5. The van der Waals surface area contributed by atoms with Crippen LogP contribution >= 0.6 is 35.3 Å². The van der Waals surface area contributed by atoms with E-state index >= 15 is 0 Å². The van der Waals surface area contributed by atoms with E-state index in [4.69, 9.17) is 0 Å². The fourth-order valence-electron chi connectivity index (χ4n) is 3.96. The minimum Gasteiger partial charge on any atom is -0.364 e. The molecule has 2 aliphatic rings. The number of likely N-dealkylation sites (tertiary alicyclic amines) is 1. The van der Waals surface area contributed by atoms with Crippen LogP contribution in [0.2, 0.25) is 0 Å². The number of rotatable bonds is 6. The highest BCUT2D eigenvalue weighted by atomic mass is 127. The highest BCUT2D eigenvalue weighted by Crippen LogP contribution is 2.18. The molecule has 7 heteroatoms. The van der Waals surface area contributed by atoms with Crippen LogP contribution in [0.3, 0.4) is 0 Å². The summed E-state index contributed by atoms with van der Waals surface area (Å²) in [5, 5.41) is 11.5. The number of hydrogen-bond acceptors (Lipinski definition) is 4. The Kier molecular flexibility index (Phi) is 9.02. The van der Waals surface area contributed by atoms with Crippen molar-refractivity contribution in [2.24, 2.45) is 4.99 Å². The summed E-state index contributed by atoms with van der Waals surface area (Å²) in [4.78, 5) is 9.34. The van der Waals surface area contributed by atoms with Crippen LogP contribution in [0.4, 0.5) is 5.69 Å². The standard InChI is InChI=1S/C23H31N5S.HI/c1-24-23(25-16-19-4-6-22(7-5-19)28-11-2-3-12-28)26-21-8-13-27(14-9-21)17-20-10-15-29-18-20;/h2-7,10,15,18,21H,8-9,11-14,16-17H2,1H3,(H2,24,25,26);1H. The number of thiophene rings is 1. The predicted octanol–water partition coefficient (Wildman–Crippen LogP) is 4.07. The maximum Gasteiger partial charge on any atom is 0.191 e. The van der Waals surface area contributed by atoms with E-state index in [2.05, 4.69) is 78.7 Å². The molecule has 3 heterocycles. The van der Waals surface area contributed by atoms with E-state index in [0.717, 1.165) is 58.1 Å². The number of anilines is 1. The van der Waals surface area contributed by atoms with E-state index in [1.165, 1.54) is 16.8 Å². The van der Waals surface area contributed by atoms with Gasteiger partial charge < -0.3 is 15.5 Å². The van der Waals surface area contributed by atoms with E-state index in [9.17, 15) is 0 Å². The molecule has 0 radical (unpaired) electrons. The zero-order chi connectivity index (χ0) is 19.9. The first kappa shape index (κ1) is 23.1. The van der Waals surface area contributed by atoms with E-state index < -0.39 is 0 Å². The molecule has 2 aromatic rings. The van der Waals surface area contributed by atoms with Crippen LogP contribution in [0.25, 0.3) is 0 Å². The second-order valence-electron chi connectivity index (χ2n) is 7.79. The summed E-state index contributed by atoms with van der Waals surface area (Å²) in [6.07, 6.45) is 6.75. The molecule has 1 aromatic heterocycles. The van der Waals surface area contributed by atoms with Crippen LogP contribution in [0.1, 0.15) is 24.0 Å². The average molecular weight is 538 g/mol. The Morgan fingerprint density at radius 1 is 1.07 bits per heavy atom. The van der Waals surface area contributed by atoms with Gasteiger partial charge in [-0.3, -0.25) is 9.89 Å². The minimum atomic E-state index is 0. The van der Waals surface area contributed by atoms with Gasteiger partial charge in [0, 0.05) is 58.0 Å². The summed E-state index contributed by atoms with van der Waals surface area (Å²) in [6.45, 7) is 6.16. The Labute approximate surface area is 201 Å². The smallest absolute Gasteiger partial charge is 0.191 e. The van der Waals surface area contributed by atoms with Crippen molar-refractivity contribution in [1.82, 2.24) is 15.5 Å². The minimum absolute atomic E-state index is 0. The molecule has 162 valence electrons. The number of aliphatic imine (C=N–C) groups is 1. The molecular formula is C23H32IN5S. The third-order valence-electron chi connectivity index (χ3n) is 5.72. The number of piperidine rings is 1. The number of halogens is 1. The molecule has 0 atom stereocenters. The van der Waals surface area contributed by atoms with Gasteiger partial charge in [-0.15, -0.1) is 24.0 Å². The van der Waals surface area contributed by atoms with Crippen LogP contribution < -0.4 is 15.5 Å². The molecule has 0 bridgehead atoms. The molecule has 2 aliphatic heterocycles. The SMILES string of the molecule is CN=C(NCc1ccc(N2CC=CC2)cc1)NC1CCN(Cc2ccsc2)CC1.I. The van der Waals surface area contributed by atoms with Gasteiger partial charge in [0.1, 0.15) is 0 Å². The highest BCUT2D eigenvalue weighted by molar-refractivity contribution is 14.0. The van der Waals surface area contributed by atoms with Crippen molar-refractivity contribution in [3.8, 4) is 0 Å². The van der Waals surface area contributed by atoms with Gasteiger partial charge in [0.25, 0.3) is 0 Å². The summed E-state index contributed by atoms with van der Waals surface area (Å²) in [5.74, 6) is 0.897. The highest BCUT2D eigenvalue weighted by Gasteiger charge is 2.20. The lowest BCUT2D eigenvalue weighted by atomic mass is 10.0. The zero-order valence-electron chi connectivity index (χ0n) is 17.6. The first-order valence-corrected chi connectivity index (χ1v) is 11.4. The molecule has 0 aliphatic carbocycles. The second-order valence-corrected chi connectivity index (χ2v) is 8.57. The molecule has 0 saturated carbocycles. The van der Waals surface area contributed by atoms with Crippen LogP contribution in [-0.4, -0.2) is 50.1 Å². The Balaban J connectivity index is 0.00000256. The third-order valence-corrected chi connectivity index (χ3v) is 6.45. The molecule has 1 saturated heterocycles. The Hall–Kier alpha value is -1.58. The quantitative estimate of drug-likeness (QED) is 0.253. The fraction of sp³-hybridized carbons (Fsp3) is 0.435. The molecule has 0 spiro atoms. The summed E-state index contributed by atoms with van der Waals surface area (Å²) in [6, 6.07) is 11.6. The summed E-state index contributed by atoms with van der Waals surface area (Å²) >= 11 is 1.78. The predicted molar refractivity (Wildman–Crippen MR) is 139 cm³/mol. The second kappa shape index (κ2) is 11.7. The van der Waals surface area contributed by atoms with E-state index in [-0.39, 0.29) is 24.0 Å². The van der Waals surface area contributed by atoms with Crippen molar-refractivity contribution in [2.45, 2.75) is 32.0 Å². The summed E-state index contributed by atoms with van der Waals surface area (Å²) < 4.78 is 0. The Bertz CT molecular complexity index is 803. The summed E-state index contributed by atoms with van der Waals surface area (Å²) in [5.41, 5.74) is 4.00. The van der Waals surface area contributed by atoms with Crippen molar-refractivity contribution in [1.29, 1.82) is 0 Å². The maximum atomic E-state index is 4.42. The first-order chi connectivity index (χ1) is 14.3. The van der Waals surface area contributed by atoms with Crippen LogP contribution in [0.5, 0.6) is 0 Å². The number of nitrogens with one attached hydrogen (secondary N) is 2. The Morgan fingerprint density at radius 3 is 2.43 bits per heavy atom. The van der Waals surface area contributed by atoms with Crippen molar-refractivity contribution in [3.63, 3.8) is 0 Å². The molecule has 30 heavy (non-hydrogen) atoms. The van der Waals surface area contributed by atoms with Gasteiger partial charge in [-0.05, 0) is 52.9 Å². The van der Waals surface area contributed by atoms with Crippen LogP contribution in [0.15, 0.2) is 58.2 Å². The molecule has 2 N–H and O–H groups in total. The topological polar surface area (TPSA) is 42.9 Å². The fourth-order valence-corrected chi connectivity index (χ4v) is 4.62. The van der Waals surface area contributed by atoms with Crippen molar-refractivity contribution < 1.29 is 0 Å². The molecule has 1 aromatic carbocycles. The Morgan fingerprint density at radius 2 is 1.80 bits per heavy atom. The molecule has 0 unspecified atom stereocenters. The molecule has 1 fully saturated rings. The van der Waals surface area contributed by atoms with Gasteiger partial charge in [-0.25, -0.2) is 0 Å².